The van der Waals surface area contributed by atoms with E-state index in [2.05, 4.69) is 0 Å². The van der Waals surface area contributed by atoms with E-state index in [4.69, 9.17) is 20.4 Å². The summed E-state index contributed by atoms with van der Waals surface area (Å²) in [5.41, 5.74) is -1.14. The molecule has 2 aliphatic rings. The molecule has 2 saturated heterocycles. The number of hydrogen-bond donors (Lipinski definition) is 0. The molecule has 0 atom stereocenters. The SMILES string of the molecule is [B]c1ccc(S(=O)(=O)N2CCC3(CC2)OCCN3S(=O)(=O)c2ccc([B])cc2F)c(F)c1. The van der Waals surface area contributed by atoms with E-state index in [-0.39, 0.29) is 50.0 Å². The van der Waals surface area contributed by atoms with Crippen LogP contribution in [0.4, 0.5) is 8.78 Å². The van der Waals surface area contributed by atoms with Gasteiger partial charge in [-0.1, -0.05) is 23.1 Å². The maximum atomic E-state index is 14.4. The van der Waals surface area contributed by atoms with Crippen LogP contribution in [0.5, 0.6) is 0 Å². The van der Waals surface area contributed by atoms with Crippen LogP contribution in [0.25, 0.3) is 0 Å². The molecule has 2 aromatic carbocycles. The van der Waals surface area contributed by atoms with E-state index < -0.39 is 47.2 Å². The fourth-order valence-corrected chi connectivity index (χ4v) is 7.37. The molecule has 1 spiro atoms. The summed E-state index contributed by atoms with van der Waals surface area (Å²) in [7, 11) is 2.56. The lowest BCUT2D eigenvalue weighted by Crippen LogP contribution is -2.55. The van der Waals surface area contributed by atoms with Crippen molar-refractivity contribution in [1.29, 1.82) is 0 Å². The smallest absolute Gasteiger partial charge is 0.248 e. The number of halogens is 2. The fraction of sp³-hybridized carbons (Fsp3) is 0.368. The standard InChI is InChI=1S/C19H18B2F2N2O5S2/c20-13-1-3-17(15(22)11-13)31(26,27)24-7-5-19(6-8-24)25(9-10-30-19)32(28,29)18-4-2-14(21)12-16(18)23/h1-4,11-12H,5-10H2. The Hall–Kier alpha value is -1.79. The summed E-state index contributed by atoms with van der Waals surface area (Å²) in [6.45, 7) is -0.147. The van der Waals surface area contributed by atoms with E-state index in [1.165, 1.54) is 12.1 Å². The first kappa shape index (κ1) is 23.4. The monoisotopic (exact) mass is 478 g/mol. The Balaban J connectivity index is 1.59. The van der Waals surface area contributed by atoms with Gasteiger partial charge in [-0.05, 0) is 24.3 Å². The minimum atomic E-state index is -4.27. The minimum absolute atomic E-state index is 0.00135. The number of ether oxygens (including phenoxy) is 1. The number of piperidine rings is 1. The number of nitrogens with zero attached hydrogens (tertiary/aromatic N) is 2. The summed E-state index contributed by atoms with van der Waals surface area (Å²) in [6.07, 6.45) is -0.00269. The second-order valence-corrected chi connectivity index (χ2v) is 11.4. The van der Waals surface area contributed by atoms with Gasteiger partial charge in [0.2, 0.25) is 20.0 Å². The Morgan fingerprint density at radius 1 is 0.812 bits per heavy atom. The summed E-state index contributed by atoms with van der Waals surface area (Å²) in [5.74, 6) is -1.95. The molecule has 0 amide bonds. The highest BCUT2D eigenvalue weighted by molar-refractivity contribution is 7.89. The van der Waals surface area contributed by atoms with Crippen molar-refractivity contribution >= 4 is 46.7 Å². The van der Waals surface area contributed by atoms with Crippen LogP contribution < -0.4 is 10.9 Å². The minimum Gasteiger partial charge on any atom is -0.358 e. The average molecular weight is 478 g/mol. The van der Waals surface area contributed by atoms with Crippen molar-refractivity contribution in [2.24, 2.45) is 0 Å². The summed E-state index contributed by atoms with van der Waals surface area (Å²) in [5, 5.41) is 0. The Morgan fingerprint density at radius 3 is 1.81 bits per heavy atom. The van der Waals surface area contributed by atoms with Gasteiger partial charge in [0.1, 0.15) is 42.8 Å². The first-order valence-electron chi connectivity index (χ1n) is 9.74. The number of hydrogen-bond acceptors (Lipinski definition) is 5. The van der Waals surface area contributed by atoms with Crippen LogP contribution in [-0.4, -0.2) is 73.1 Å². The van der Waals surface area contributed by atoms with Crippen molar-refractivity contribution in [1.82, 2.24) is 8.61 Å². The van der Waals surface area contributed by atoms with Crippen molar-refractivity contribution in [3.05, 3.63) is 48.0 Å². The molecule has 0 saturated carbocycles. The van der Waals surface area contributed by atoms with Crippen LogP contribution in [-0.2, 0) is 24.8 Å². The lowest BCUT2D eigenvalue weighted by molar-refractivity contribution is -0.0807. The molecule has 32 heavy (non-hydrogen) atoms. The zero-order valence-corrected chi connectivity index (χ0v) is 18.5. The molecule has 2 fully saturated rings. The van der Waals surface area contributed by atoms with Gasteiger partial charge in [-0.15, -0.1) is 0 Å². The average Bonchev–Trinajstić information content (AvgIpc) is 3.11. The molecule has 166 valence electrons. The van der Waals surface area contributed by atoms with Crippen molar-refractivity contribution in [2.75, 3.05) is 26.2 Å². The zero-order valence-electron chi connectivity index (χ0n) is 16.9. The van der Waals surface area contributed by atoms with Crippen molar-refractivity contribution in [3.8, 4) is 0 Å². The van der Waals surface area contributed by atoms with E-state index in [0.717, 1.165) is 32.9 Å². The molecule has 0 N–H and O–H groups in total. The molecule has 0 aromatic heterocycles. The quantitative estimate of drug-likeness (QED) is 0.567. The Morgan fingerprint density at radius 2 is 1.31 bits per heavy atom. The Kier molecular flexibility index (Phi) is 6.00. The Bertz CT molecular complexity index is 1270. The number of benzene rings is 2. The van der Waals surface area contributed by atoms with Crippen LogP contribution in [0.2, 0.25) is 0 Å². The van der Waals surface area contributed by atoms with Gasteiger partial charge in [0, 0.05) is 32.5 Å². The van der Waals surface area contributed by atoms with Crippen LogP contribution >= 0.6 is 0 Å². The number of rotatable bonds is 4. The summed E-state index contributed by atoms with van der Waals surface area (Å²) in [6, 6.07) is 6.61. The molecule has 0 bridgehead atoms. The lowest BCUT2D eigenvalue weighted by atomic mass is 9.97. The maximum Gasteiger partial charge on any atom is 0.248 e. The molecular weight excluding hydrogens is 460 g/mol. The molecular formula is C19H18B2F2N2O5S2. The third-order valence-corrected chi connectivity index (χ3v) is 9.64. The predicted octanol–water partition coefficient (Wildman–Crippen LogP) is -0.246. The summed E-state index contributed by atoms with van der Waals surface area (Å²) in [4.78, 5) is -1.04. The van der Waals surface area contributed by atoms with Gasteiger partial charge in [-0.25, -0.2) is 25.6 Å². The van der Waals surface area contributed by atoms with Crippen molar-refractivity contribution < 1.29 is 30.4 Å². The highest BCUT2D eigenvalue weighted by Crippen LogP contribution is 2.39. The van der Waals surface area contributed by atoms with E-state index in [0.29, 0.717) is 0 Å². The zero-order chi connectivity index (χ0) is 23.3. The second-order valence-electron chi connectivity index (χ2n) is 7.66. The Labute approximate surface area is 188 Å². The van der Waals surface area contributed by atoms with Gasteiger partial charge in [0.15, 0.2) is 0 Å². The summed E-state index contributed by atoms with van der Waals surface area (Å²) < 4.78 is 88.7. The van der Waals surface area contributed by atoms with Crippen LogP contribution in [0, 0.1) is 11.6 Å². The van der Waals surface area contributed by atoms with Gasteiger partial charge in [-0.3, -0.25) is 0 Å². The van der Waals surface area contributed by atoms with Gasteiger partial charge >= 0.3 is 0 Å². The van der Waals surface area contributed by atoms with E-state index in [1.54, 1.807) is 0 Å². The molecule has 13 heteroatoms. The lowest BCUT2D eigenvalue weighted by Gasteiger charge is -2.42. The van der Waals surface area contributed by atoms with Gasteiger partial charge in [-0.2, -0.15) is 8.61 Å². The fourth-order valence-electron chi connectivity index (χ4n) is 4.11. The molecule has 0 unspecified atom stereocenters. The van der Waals surface area contributed by atoms with E-state index >= 15 is 0 Å². The molecule has 7 nitrogen and oxygen atoms in total. The van der Waals surface area contributed by atoms with Gasteiger partial charge in [0.25, 0.3) is 0 Å². The van der Waals surface area contributed by atoms with E-state index in [9.17, 15) is 25.6 Å². The molecule has 0 aliphatic carbocycles. The first-order valence-corrected chi connectivity index (χ1v) is 12.6. The molecule has 4 radical (unpaired) electrons. The van der Waals surface area contributed by atoms with Crippen molar-refractivity contribution in [2.45, 2.75) is 28.4 Å². The number of sulfonamides is 2. The van der Waals surface area contributed by atoms with E-state index in [1.807, 2.05) is 0 Å². The molecule has 2 aliphatic heterocycles. The maximum absolute atomic E-state index is 14.4. The largest absolute Gasteiger partial charge is 0.358 e. The topological polar surface area (TPSA) is 84.0 Å². The van der Waals surface area contributed by atoms with Crippen molar-refractivity contribution in [3.63, 3.8) is 0 Å². The first-order chi connectivity index (χ1) is 15.0. The van der Waals surface area contributed by atoms with Crippen LogP contribution in [0.15, 0.2) is 46.2 Å². The third kappa shape index (κ3) is 3.90. The normalized spacial score (nSPS) is 20.1. The van der Waals surface area contributed by atoms with Gasteiger partial charge < -0.3 is 4.74 Å². The third-order valence-electron chi connectivity index (χ3n) is 5.72. The second kappa shape index (κ2) is 8.21. The van der Waals surface area contributed by atoms with Crippen LogP contribution in [0.1, 0.15) is 12.8 Å². The highest BCUT2D eigenvalue weighted by atomic mass is 32.2. The van der Waals surface area contributed by atoms with Gasteiger partial charge in [0.05, 0.1) is 6.61 Å². The molecule has 2 aromatic rings. The molecule has 4 rings (SSSR count). The van der Waals surface area contributed by atoms with Crippen LogP contribution in [0.3, 0.4) is 0 Å². The molecule has 2 heterocycles. The summed E-state index contributed by atoms with van der Waals surface area (Å²) >= 11 is 0. The predicted molar refractivity (Wildman–Crippen MR) is 114 cm³/mol. The highest BCUT2D eigenvalue weighted by Gasteiger charge is 2.52.